The fourth-order valence-electron chi connectivity index (χ4n) is 2.37. The highest BCUT2D eigenvalue weighted by Gasteiger charge is 2.19. The van der Waals surface area contributed by atoms with Crippen LogP contribution in [-0.4, -0.2) is 15.2 Å². The number of rotatable bonds is 4. The number of aromatic nitrogens is 2. The molecule has 0 fully saturated rings. The molecule has 1 N–H and O–H groups in total. The summed E-state index contributed by atoms with van der Waals surface area (Å²) in [5.74, 6) is 1.85. The molecule has 2 aromatic carbocycles. The van der Waals surface area contributed by atoms with E-state index in [1.807, 2.05) is 57.2 Å². The van der Waals surface area contributed by atoms with Gasteiger partial charge in [-0.1, -0.05) is 56.3 Å². The zero-order valence-corrected chi connectivity index (χ0v) is 14.0. The minimum Gasteiger partial charge on any atom is -0.508 e. The highest BCUT2D eigenvalue weighted by molar-refractivity contribution is 5.53. The van der Waals surface area contributed by atoms with E-state index in [1.165, 1.54) is 0 Å². The van der Waals surface area contributed by atoms with Gasteiger partial charge < -0.3 is 14.4 Å². The molecule has 5 nitrogen and oxygen atoms in total. The minimum atomic E-state index is -0.172. The van der Waals surface area contributed by atoms with Crippen molar-refractivity contribution >= 4 is 0 Å². The lowest BCUT2D eigenvalue weighted by atomic mass is 9.86. The highest BCUT2D eigenvalue weighted by Crippen LogP contribution is 2.33. The lowest BCUT2D eigenvalue weighted by Crippen LogP contribution is -2.11. The van der Waals surface area contributed by atoms with E-state index in [2.05, 4.69) is 10.1 Å². The second kappa shape index (κ2) is 6.35. The molecular formula is C19H20N2O3. The van der Waals surface area contributed by atoms with Gasteiger partial charge in [0, 0.05) is 11.1 Å². The van der Waals surface area contributed by atoms with Gasteiger partial charge in [0.05, 0.1) is 0 Å². The first-order valence-corrected chi connectivity index (χ1v) is 7.78. The largest absolute Gasteiger partial charge is 0.508 e. The van der Waals surface area contributed by atoms with E-state index in [9.17, 15) is 5.11 Å². The Morgan fingerprint density at radius 3 is 2.54 bits per heavy atom. The summed E-state index contributed by atoms with van der Waals surface area (Å²) in [5.41, 5.74) is 1.55. The summed E-state index contributed by atoms with van der Waals surface area (Å²) in [6.45, 7) is 6.29. The van der Waals surface area contributed by atoms with Crippen LogP contribution in [-0.2, 0) is 12.0 Å². The lowest BCUT2D eigenvalue weighted by molar-refractivity contribution is 0.242. The van der Waals surface area contributed by atoms with Crippen molar-refractivity contribution in [3.05, 3.63) is 60.0 Å². The van der Waals surface area contributed by atoms with Gasteiger partial charge in [0.1, 0.15) is 11.5 Å². The van der Waals surface area contributed by atoms with Crippen molar-refractivity contribution in [1.82, 2.24) is 10.1 Å². The summed E-state index contributed by atoms with van der Waals surface area (Å²) in [4.78, 5) is 4.33. The van der Waals surface area contributed by atoms with Crippen molar-refractivity contribution in [2.75, 3.05) is 0 Å². The van der Waals surface area contributed by atoms with Crippen molar-refractivity contribution < 1.29 is 14.4 Å². The van der Waals surface area contributed by atoms with Crippen LogP contribution in [0, 0.1) is 0 Å². The van der Waals surface area contributed by atoms with E-state index in [4.69, 9.17) is 9.26 Å². The molecule has 0 unspecified atom stereocenters. The second-order valence-corrected chi connectivity index (χ2v) is 6.60. The van der Waals surface area contributed by atoms with Crippen LogP contribution in [0.2, 0.25) is 0 Å². The van der Waals surface area contributed by atoms with Crippen LogP contribution >= 0.6 is 0 Å². The van der Waals surface area contributed by atoms with Gasteiger partial charge in [0.15, 0.2) is 6.61 Å². The molecule has 5 heteroatoms. The maximum atomic E-state index is 9.99. The molecule has 24 heavy (non-hydrogen) atoms. The quantitative estimate of drug-likeness (QED) is 0.774. The van der Waals surface area contributed by atoms with Crippen LogP contribution in [0.1, 0.15) is 32.2 Å². The number of benzene rings is 2. The van der Waals surface area contributed by atoms with Crippen LogP contribution in [0.25, 0.3) is 11.4 Å². The number of phenolic OH excluding ortho intramolecular Hbond substituents is 1. The minimum absolute atomic E-state index is 0.172. The molecule has 0 spiro atoms. The van der Waals surface area contributed by atoms with Crippen LogP contribution in [0.3, 0.4) is 0 Å². The molecular weight excluding hydrogens is 304 g/mol. The first kappa shape index (κ1) is 16.1. The maximum absolute atomic E-state index is 9.99. The second-order valence-electron chi connectivity index (χ2n) is 6.60. The first-order chi connectivity index (χ1) is 11.4. The van der Waals surface area contributed by atoms with E-state index in [0.29, 0.717) is 17.5 Å². The van der Waals surface area contributed by atoms with Crippen molar-refractivity contribution in [2.45, 2.75) is 32.8 Å². The molecule has 0 saturated heterocycles. The summed E-state index contributed by atoms with van der Waals surface area (Å²) >= 11 is 0. The van der Waals surface area contributed by atoms with Gasteiger partial charge in [-0.25, -0.2) is 0 Å². The van der Waals surface area contributed by atoms with E-state index in [1.54, 1.807) is 12.1 Å². The fraction of sp³-hybridized carbons (Fsp3) is 0.263. The van der Waals surface area contributed by atoms with Gasteiger partial charge >= 0.3 is 0 Å². The monoisotopic (exact) mass is 324 g/mol. The summed E-state index contributed by atoms with van der Waals surface area (Å²) in [7, 11) is 0. The number of ether oxygens (including phenoxy) is 1. The Morgan fingerprint density at radius 2 is 1.83 bits per heavy atom. The fourth-order valence-corrected chi connectivity index (χ4v) is 2.37. The average molecular weight is 324 g/mol. The Morgan fingerprint density at radius 1 is 1.08 bits per heavy atom. The maximum Gasteiger partial charge on any atom is 0.264 e. The van der Waals surface area contributed by atoms with E-state index < -0.39 is 0 Å². The Kier molecular flexibility index (Phi) is 4.25. The molecule has 0 saturated carbocycles. The van der Waals surface area contributed by atoms with Gasteiger partial charge in [-0.2, -0.15) is 4.98 Å². The molecule has 0 aliphatic heterocycles. The molecule has 0 aliphatic carbocycles. The first-order valence-electron chi connectivity index (χ1n) is 7.78. The predicted octanol–water partition coefficient (Wildman–Crippen LogP) is 4.32. The normalized spacial score (nSPS) is 11.5. The third-order valence-corrected chi connectivity index (χ3v) is 3.64. The van der Waals surface area contributed by atoms with Crippen LogP contribution < -0.4 is 4.74 Å². The van der Waals surface area contributed by atoms with E-state index in [-0.39, 0.29) is 17.8 Å². The third kappa shape index (κ3) is 3.56. The van der Waals surface area contributed by atoms with Crippen molar-refractivity contribution in [1.29, 1.82) is 0 Å². The van der Waals surface area contributed by atoms with Crippen LogP contribution in [0.5, 0.6) is 11.5 Å². The topological polar surface area (TPSA) is 68.4 Å². The lowest BCUT2D eigenvalue weighted by Gasteiger charge is -2.21. The molecule has 124 valence electrons. The molecule has 0 amide bonds. The molecule has 3 aromatic rings. The van der Waals surface area contributed by atoms with Gasteiger partial charge in [-0.05, 0) is 23.6 Å². The Labute approximate surface area is 140 Å². The van der Waals surface area contributed by atoms with Crippen LogP contribution in [0.15, 0.2) is 53.1 Å². The van der Waals surface area contributed by atoms with Gasteiger partial charge in [-0.15, -0.1) is 0 Å². The van der Waals surface area contributed by atoms with Gasteiger partial charge in [0.25, 0.3) is 5.89 Å². The van der Waals surface area contributed by atoms with Crippen molar-refractivity contribution in [3.63, 3.8) is 0 Å². The SMILES string of the molecule is CC(C)(C)c1cc(OCc2nc(-c3ccccc3)no2)ccc1O. The van der Waals surface area contributed by atoms with Gasteiger partial charge in [0.2, 0.25) is 5.82 Å². The van der Waals surface area contributed by atoms with Gasteiger partial charge in [-0.3, -0.25) is 0 Å². The standard InChI is InChI=1S/C19H20N2O3/c1-19(2,3)15-11-14(9-10-16(15)22)23-12-17-20-18(21-24-17)13-7-5-4-6-8-13/h4-11,22H,12H2,1-3H3. The zero-order chi connectivity index (χ0) is 17.2. The molecule has 1 heterocycles. The number of phenols is 1. The van der Waals surface area contributed by atoms with Crippen LogP contribution in [0.4, 0.5) is 0 Å². The van der Waals surface area contributed by atoms with Crippen molar-refractivity contribution in [3.8, 4) is 22.9 Å². The molecule has 0 radical (unpaired) electrons. The molecule has 1 aromatic heterocycles. The number of aromatic hydroxyl groups is 1. The van der Waals surface area contributed by atoms with E-state index in [0.717, 1.165) is 11.1 Å². The molecule has 0 bridgehead atoms. The number of hydrogen-bond acceptors (Lipinski definition) is 5. The number of hydrogen-bond donors (Lipinski definition) is 1. The molecule has 0 atom stereocenters. The summed E-state index contributed by atoms with van der Waals surface area (Å²) in [6.07, 6.45) is 0. The predicted molar refractivity (Wildman–Crippen MR) is 90.9 cm³/mol. The van der Waals surface area contributed by atoms with Crippen molar-refractivity contribution in [2.24, 2.45) is 0 Å². The molecule has 3 rings (SSSR count). The Balaban J connectivity index is 1.72. The Bertz CT molecular complexity index is 820. The summed E-state index contributed by atoms with van der Waals surface area (Å²) < 4.78 is 11.0. The summed E-state index contributed by atoms with van der Waals surface area (Å²) in [5, 5.41) is 14.0. The smallest absolute Gasteiger partial charge is 0.264 e. The molecule has 0 aliphatic rings. The van der Waals surface area contributed by atoms with E-state index >= 15 is 0 Å². The zero-order valence-electron chi connectivity index (χ0n) is 14.0. The summed E-state index contributed by atoms with van der Waals surface area (Å²) in [6, 6.07) is 14.8. The number of nitrogens with zero attached hydrogens (tertiary/aromatic N) is 2. The Hall–Kier alpha value is -2.82. The average Bonchev–Trinajstić information content (AvgIpc) is 3.03. The third-order valence-electron chi connectivity index (χ3n) is 3.64. The highest BCUT2D eigenvalue weighted by atomic mass is 16.5.